The fraction of sp³-hybridized carbons (Fsp3) is 0.385. The van der Waals surface area contributed by atoms with Crippen molar-refractivity contribution in [3.8, 4) is 6.07 Å². The van der Waals surface area contributed by atoms with E-state index in [4.69, 9.17) is 5.26 Å². The summed E-state index contributed by atoms with van der Waals surface area (Å²) in [5, 5.41) is 9.14. The number of nitrogens with zero attached hydrogens (tertiary/aromatic N) is 3. The van der Waals surface area contributed by atoms with Gasteiger partial charge in [0.15, 0.2) is 5.65 Å². The first-order valence-corrected chi connectivity index (χ1v) is 5.73. The van der Waals surface area contributed by atoms with Gasteiger partial charge in [-0.1, -0.05) is 6.92 Å². The maximum absolute atomic E-state index is 9.14. The molecular formula is C13H13N3. The summed E-state index contributed by atoms with van der Waals surface area (Å²) in [6.07, 6.45) is 7.57. The largest absolute Gasteiger partial charge is 0.305 e. The van der Waals surface area contributed by atoms with Crippen LogP contribution in [0, 0.1) is 11.3 Å². The molecule has 0 unspecified atom stereocenters. The first-order valence-electron chi connectivity index (χ1n) is 5.73. The Balaban J connectivity index is 2.24. The molecule has 16 heavy (non-hydrogen) atoms. The van der Waals surface area contributed by atoms with Crippen LogP contribution in [-0.4, -0.2) is 9.38 Å². The molecule has 0 atom stereocenters. The lowest BCUT2D eigenvalue weighted by molar-refractivity contribution is 1.05. The summed E-state index contributed by atoms with van der Waals surface area (Å²) in [6, 6.07) is 4.25. The van der Waals surface area contributed by atoms with Gasteiger partial charge in [-0.15, -0.1) is 0 Å². The summed E-state index contributed by atoms with van der Waals surface area (Å²) >= 11 is 0. The second-order valence-electron chi connectivity index (χ2n) is 4.39. The molecular weight excluding hydrogens is 198 g/mol. The van der Waals surface area contributed by atoms with Crippen LogP contribution in [0.2, 0.25) is 0 Å². The van der Waals surface area contributed by atoms with E-state index in [2.05, 4.69) is 24.2 Å². The molecule has 0 radical (unpaired) electrons. The Hall–Kier alpha value is -1.82. The van der Waals surface area contributed by atoms with Crippen LogP contribution >= 0.6 is 0 Å². The van der Waals surface area contributed by atoms with Crippen LogP contribution in [0.3, 0.4) is 0 Å². The minimum Gasteiger partial charge on any atom is -0.305 e. The molecule has 2 heterocycles. The third-order valence-corrected chi connectivity index (χ3v) is 3.15. The number of aryl methyl sites for hydroxylation is 1. The monoisotopic (exact) mass is 211 g/mol. The molecule has 3 rings (SSSR count). The zero-order valence-corrected chi connectivity index (χ0v) is 9.27. The Morgan fingerprint density at radius 1 is 1.50 bits per heavy atom. The van der Waals surface area contributed by atoms with Gasteiger partial charge in [0.1, 0.15) is 6.07 Å². The SMILES string of the molecule is CCc1cn2cc(C3CC3)cc(C#N)c2n1. The number of nitriles is 1. The van der Waals surface area contributed by atoms with Crippen molar-refractivity contribution in [1.82, 2.24) is 9.38 Å². The number of aromatic nitrogens is 2. The second kappa shape index (κ2) is 3.34. The van der Waals surface area contributed by atoms with Crippen molar-refractivity contribution >= 4 is 5.65 Å². The highest BCUT2D eigenvalue weighted by Gasteiger charge is 2.25. The molecule has 0 N–H and O–H groups in total. The molecule has 0 aliphatic heterocycles. The Morgan fingerprint density at radius 2 is 2.31 bits per heavy atom. The van der Waals surface area contributed by atoms with E-state index in [0.717, 1.165) is 17.8 Å². The molecule has 3 nitrogen and oxygen atoms in total. The van der Waals surface area contributed by atoms with E-state index >= 15 is 0 Å². The van der Waals surface area contributed by atoms with Crippen LogP contribution in [0.25, 0.3) is 5.65 Å². The van der Waals surface area contributed by atoms with E-state index in [1.54, 1.807) is 0 Å². The normalized spacial score (nSPS) is 15.2. The van der Waals surface area contributed by atoms with Crippen molar-refractivity contribution in [1.29, 1.82) is 5.26 Å². The van der Waals surface area contributed by atoms with Gasteiger partial charge in [0.2, 0.25) is 0 Å². The van der Waals surface area contributed by atoms with E-state index in [-0.39, 0.29) is 0 Å². The maximum Gasteiger partial charge on any atom is 0.154 e. The number of hydrogen-bond acceptors (Lipinski definition) is 2. The third kappa shape index (κ3) is 1.38. The minimum atomic E-state index is 0.670. The molecule has 0 saturated heterocycles. The van der Waals surface area contributed by atoms with Crippen LogP contribution in [0.5, 0.6) is 0 Å². The van der Waals surface area contributed by atoms with Crippen molar-refractivity contribution in [3.63, 3.8) is 0 Å². The molecule has 80 valence electrons. The highest BCUT2D eigenvalue weighted by molar-refractivity contribution is 5.57. The maximum atomic E-state index is 9.14. The number of rotatable bonds is 2. The van der Waals surface area contributed by atoms with Gasteiger partial charge in [0.25, 0.3) is 0 Å². The summed E-state index contributed by atoms with van der Waals surface area (Å²) in [5.41, 5.74) is 3.82. The molecule has 3 heteroatoms. The zero-order chi connectivity index (χ0) is 11.1. The summed E-state index contributed by atoms with van der Waals surface area (Å²) in [7, 11) is 0. The topological polar surface area (TPSA) is 41.1 Å². The summed E-state index contributed by atoms with van der Waals surface area (Å²) in [6.45, 7) is 2.08. The van der Waals surface area contributed by atoms with Gasteiger partial charge in [-0.3, -0.25) is 0 Å². The Bertz CT molecular complexity index is 585. The van der Waals surface area contributed by atoms with E-state index < -0.39 is 0 Å². The summed E-state index contributed by atoms with van der Waals surface area (Å²) < 4.78 is 2.00. The first-order chi connectivity index (χ1) is 7.81. The quantitative estimate of drug-likeness (QED) is 0.766. The fourth-order valence-corrected chi connectivity index (χ4v) is 2.06. The van der Waals surface area contributed by atoms with Crippen molar-refractivity contribution in [3.05, 3.63) is 35.3 Å². The lowest BCUT2D eigenvalue weighted by Crippen LogP contribution is -1.92. The molecule has 1 saturated carbocycles. The number of imidazole rings is 1. The molecule has 2 aromatic heterocycles. The third-order valence-electron chi connectivity index (χ3n) is 3.15. The van der Waals surface area contributed by atoms with E-state index in [9.17, 15) is 0 Å². The number of pyridine rings is 1. The van der Waals surface area contributed by atoms with Crippen molar-refractivity contribution in [2.24, 2.45) is 0 Å². The van der Waals surface area contributed by atoms with Crippen LogP contribution in [0.4, 0.5) is 0 Å². The smallest absolute Gasteiger partial charge is 0.154 e. The predicted octanol–water partition coefficient (Wildman–Crippen LogP) is 2.65. The predicted molar refractivity (Wildman–Crippen MR) is 61.3 cm³/mol. The van der Waals surface area contributed by atoms with E-state index in [1.165, 1.54) is 18.4 Å². The molecule has 2 aromatic rings. The van der Waals surface area contributed by atoms with Crippen LogP contribution < -0.4 is 0 Å². The highest BCUT2D eigenvalue weighted by Crippen LogP contribution is 2.40. The molecule has 0 bridgehead atoms. The van der Waals surface area contributed by atoms with Crippen molar-refractivity contribution in [2.75, 3.05) is 0 Å². The second-order valence-corrected chi connectivity index (χ2v) is 4.39. The highest BCUT2D eigenvalue weighted by atomic mass is 15.0. The van der Waals surface area contributed by atoms with Gasteiger partial charge in [-0.25, -0.2) is 4.98 Å². The fourth-order valence-electron chi connectivity index (χ4n) is 2.06. The van der Waals surface area contributed by atoms with Gasteiger partial charge in [-0.05, 0) is 36.8 Å². The van der Waals surface area contributed by atoms with Gasteiger partial charge in [0.05, 0.1) is 11.3 Å². The van der Waals surface area contributed by atoms with Gasteiger partial charge < -0.3 is 4.40 Å². The van der Waals surface area contributed by atoms with Crippen LogP contribution in [0.1, 0.15) is 42.5 Å². The Morgan fingerprint density at radius 3 is 2.94 bits per heavy atom. The van der Waals surface area contributed by atoms with Gasteiger partial charge in [-0.2, -0.15) is 5.26 Å². The Labute approximate surface area is 94.3 Å². The summed E-state index contributed by atoms with van der Waals surface area (Å²) in [4.78, 5) is 4.46. The van der Waals surface area contributed by atoms with Crippen molar-refractivity contribution < 1.29 is 0 Å². The number of fused-ring (bicyclic) bond motifs is 1. The average molecular weight is 211 g/mol. The van der Waals surface area contributed by atoms with Crippen molar-refractivity contribution in [2.45, 2.75) is 32.1 Å². The van der Waals surface area contributed by atoms with E-state index in [0.29, 0.717) is 11.5 Å². The van der Waals surface area contributed by atoms with Gasteiger partial charge >= 0.3 is 0 Å². The molecule has 0 amide bonds. The standard InChI is InChI=1S/C13H13N3/c1-2-12-8-16-7-11(9-3-4-9)5-10(6-14)13(16)15-12/h5,7-9H,2-4H2,1H3. The average Bonchev–Trinajstić information content (AvgIpc) is 3.07. The lowest BCUT2D eigenvalue weighted by atomic mass is 10.1. The minimum absolute atomic E-state index is 0.670. The van der Waals surface area contributed by atoms with Crippen LogP contribution in [0.15, 0.2) is 18.5 Å². The first kappa shape index (κ1) is 9.41. The molecule has 0 spiro atoms. The van der Waals surface area contributed by atoms with E-state index in [1.807, 2.05) is 16.7 Å². The molecule has 1 aliphatic carbocycles. The summed E-state index contributed by atoms with van der Waals surface area (Å²) in [5.74, 6) is 0.670. The lowest BCUT2D eigenvalue weighted by Gasteiger charge is -2.01. The molecule has 0 aromatic carbocycles. The number of hydrogen-bond donors (Lipinski definition) is 0. The van der Waals surface area contributed by atoms with Crippen LogP contribution in [-0.2, 0) is 6.42 Å². The molecule has 1 fully saturated rings. The van der Waals surface area contributed by atoms with Gasteiger partial charge in [0, 0.05) is 12.4 Å². The molecule has 1 aliphatic rings. The zero-order valence-electron chi connectivity index (χ0n) is 9.27. The Kier molecular flexibility index (Phi) is 1.97.